The standard InChI is InChI=1S/C3H10O2P2/c1-6(4)3-7(2)5/h6-7H,3H2,1-2H3. The molecule has 0 aromatic heterocycles. The van der Waals surface area contributed by atoms with Crippen LogP contribution in [0.2, 0.25) is 0 Å². The fraction of sp³-hybridized carbons (Fsp3) is 1.00. The summed E-state index contributed by atoms with van der Waals surface area (Å²) in [5.41, 5.74) is 0. The van der Waals surface area contributed by atoms with Gasteiger partial charge in [0.1, 0.15) is 0 Å². The molecule has 0 saturated carbocycles. The highest BCUT2D eigenvalue weighted by molar-refractivity contribution is 7.61. The lowest BCUT2D eigenvalue weighted by Crippen LogP contribution is -1.61. The van der Waals surface area contributed by atoms with E-state index >= 15 is 0 Å². The predicted octanol–water partition coefficient (Wildman–Crippen LogP) is 1.32. The van der Waals surface area contributed by atoms with Crippen LogP contribution in [-0.2, 0) is 9.13 Å². The molecule has 0 aliphatic rings. The Balaban J connectivity index is 3.32. The molecule has 2 unspecified atom stereocenters. The van der Waals surface area contributed by atoms with Crippen LogP contribution >= 0.6 is 15.6 Å². The van der Waals surface area contributed by atoms with Gasteiger partial charge in [0.2, 0.25) is 0 Å². The second-order valence-electron chi connectivity index (χ2n) is 1.58. The van der Waals surface area contributed by atoms with Crippen LogP contribution in [0.4, 0.5) is 0 Å². The molecule has 0 aliphatic carbocycles. The molecule has 0 aliphatic heterocycles. The fourth-order valence-electron chi connectivity index (χ4n) is 0.351. The smallest absolute Gasteiger partial charge is 0.0800 e. The number of rotatable bonds is 2. The molecule has 0 bridgehead atoms. The van der Waals surface area contributed by atoms with Crippen LogP contribution in [0, 0.1) is 0 Å². The summed E-state index contributed by atoms with van der Waals surface area (Å²) in [5.74, 6) is 0.454. The zero-order chi connectivity index (χ0) is 5.86. The lowest BCUT2D eigenvalue weighted by molar-refractivity contribution is 0.587. The van der Waals surface area contributed by atoms with E-state index in [-0.39, 0.29) is 0 Å². The molecule has 0 aromatic carbocycles. The van der Waals surface area contributed by atoms with E-state index in [0.717, 1.165) is 0 Å². The first-order valence-electron chi connectivity index (χ1n) is 2.12. The molecular weight excluding hydrogens is 130 g/mol. The molecule has 0 fully saturated rings. The summed E-state index contributed by atoms with van der Waals surface area (Å²) in [6, 6.07) is 0. The second kappa shape index (κ2) is 3.46. The molecule has 0 spiro atoms. The molecule has 44 valence electrons. The van der Waals surface area contributed by atoms with E-state index in [1.165, 1.54) is 0 Å². The minimum Gasteiger partial charge on any atom is -0.327 e. The summed E-state index contributed by atoms with van der Waals surface area (Å²) < 4.78 is 20.5. The van der Waals surface area contributed by atoms with Crippen molar-refractivity contribution in [2.24, 2.45) is 0 Å². The van der Waals surface area contributed by atoms with Crippen LogP contribution < -0.4 is 0 Å². The third-order valence-corrected chi connectivity index (χ3v) is 4.48. The molecule has 0 radical (unpaired) electrons. The summed E-state index contributed by atoms with van der Waals surface area (Å²) in [4.78, 5) is 0. The highest BCUT2D eigenvalue weighted by Gasteiger charge is 1.91. The fourth-order valence-corrected chi connectivity index (χ4v) is 3.16. The van der Waals surface area contributed by atoms with Gasteiger partial charge in [-0.05, 0) is 13.3 Å². The van der Waals surface area contributed by atoms with Crippen LogP contribution in [0.1, 0.15) is 0 Å². The highest BCUT2D eigenvalue weighted by atomic mass is 31.2. The van der Waals surface area contributed by atoms with E-state index in [0.29, 0.717) is 5.90 Å². The maximum Gasteiger partial charge on any atom is 0.0800 e. The van der Waals surface area contributed by atoms with E-state index in [4.69, 9.17) is 0 Å². The molecule has 0 heterocycles. The Hall–Kier alpha value is 0.460. The van der Waals surface area contributed by atoms with Gasteiger partial charge in [-0.2, -0.15) is 0 Å². The third kappa shape index (κ3) is 6.46. The van der Waals surface area contributed by atoms with E-state index in [1.807, 2.05) is 0 Å². The SMILES string of the molecule is C[PH](=O)C[PH](C)=O. The molecule has 0 rings (SSSR count). The van der Waals surface area contributed by atoms with E-state index in [9.17, 15) is 9.13 Å². The Kier molecular flexibility index (Phi) is 3.69. The van der Waals surface area contributed by atoms with Gasteiger partial charge < -0.3 is 9.13 Å². The van der Waals surface area contributed by atoms with Gasteiger partial charge in [0.25, 0.3) is 0 Å². The van der Waals surface area contributed by atoms with Crippen molar-refractivity contribution in [3.8, 4) is 0 Å². The molecule has 2 nitrogen and oxygen atoms in total. The average Bonchev–Trinajstić information content (AvgIpc) is 1.27. The monoisotopic (exact) mass is 140 g/mol. The van der Waals surface area contributed by atoms with Crippen molar-refractivity contribution in [3.05, 3.63) is 0 Å². The van der Waals surface area contributed by atoms with Gasteiger partial charge in [0, 0.05) is 5.90 Å². The Morgan fingerprint density at radius 3 is 1.43 bits per heavy atom. The molecule has 0 amide bonds. The summed E-state index contributed by atoms with van der Waals surface area (Å²) in [5, 5.41) is 0. The minimum atomic E-state index is -1.45. The first-order valence-corrected chi connectivity index (χ1v) is 6.35. The Bertz CT molecular complexity index is 87.1. The van der Waals surface area contributed by atoms with Crippen molar-refractivity contribution in [3.63, 3.8) is 0 Å². The van der Waals surface area contributed by atoms with Gasteiger partial charge in [0.15, 0.2) is 0 Å². The summed E-state index contributed by atoms with van der Waals surface area (Å²) in [7, 11) is -2.90. The van der Waals surface area contributed by atoms with Crippen LogP contribution in [-0.4, -0.2) is 19.2 Å². The summed E-state index contributed by atoms with van der Waals surface area (Å²) in [6.45, 7) is 3.27. The van der Waals surface area contributed by atoms with Gasteiger partial charge in [-0.3, -0.25) is 0 Å². The number of hydrogen-bond donors (Lipinski definition) is 0. The highest BCUT2D eigenvalue weighted by Crippen LogP contribution is 2.28. The van der Waals surface area contributed by atoms with E-state index in [2.05, 4.69) is 0 Å². The zero-order valence-electron chi connectivity index (χ0n) is 4.52. The van der Waals surface area contributed by atoms with Gasteiger partial charge in [-0.15, -0.1) is 0 Å². The van der Waals surface area contributed by atoms with Crippen molar-refractivity contribution in [1.82, 2.24) is 0 Å². The molecular formula is C3H10O2P2. The zero-order valence-corrected chi connectivity index (χ0v) is 6.52. The van der Waals surface area contributed by atoms with Crippen LogP contribution in [0.25, 0.3) is 0 Å². The lowest BCUT2D eigenvalue weighted by atomic mass is 11.9. The van der Waals surface area contributed by atoms with Gasteiger partial charge >= 0.3 is 0 Å². The van der Waals surface area contributed by atoms with Gasteiger partial charge in [-0.25, -0.2) is 0 Å². The maximum atomic E-state index is 10.3. The summed E-state index contributed by atoms with van der Waals surface area (Å²) in [6.07, 6.45) is 0. The maximum absolute atomic E-state index is 10.3. The van der Waals surface area contributed by atoms with Crippen molar-refractivity contribution in [1.29, 1.82) is 0 Å². The second-order valence-corrected chi connectivity index (χ2v) is 5.80. The Labute approximate surface area is 44.9 Å². The molecule has 0 saturated heterocycles. The van der Waals surface area contributed by atoms with Crippen LogP contribution in [0.15, 0.2) is 0 Å². The summed E-state index contributed by atoms with van der Waals surface area (Å²) >= 11 is 0. The van der Waals surface area contributed by atoms with E-state index in [1.54, 1.807) is 13.3 Å². The van der Waals surface area contributed by atoms with Crippen LogP contribution in [0.3, 0.4) is 0 Å². The largest absolute Gasteiger partial charge is 0.327 e. The first-order chi connectivity index (χ1) is 3.13. The number of hydrogen-bond acceptors (Lipinski definition) is 2. The third-order valence-electron chi connectivity index (χ3n) is 0.498. The van der Waals surface area contributed by atoms with Crippen LogP contribution in [0.5, 0.6) is 0 Å². The molecule has 0 N–H and O–H groups in total. The first kappa shape index (κ1) is 7.46. The van der Waals surface area contributed by atoms with Crippen molar-refractivity contribution < 1.29 is 9.13 Å². The molecule has 4 heteroatoms. The van der Waals surface area contributed by atoms with Crippen molar-refractivity contribution in [2.45, 2.75) is 0 Å². The Morgan fingerprint density at radius 2 is 1.43 bits per heavy atom. The minimum absolute atomic E-state index is 0.454. The normalized spacial score (nSPS) is 18.6. The molecule has 2 atom stereocenters. The topological polar surface area (TPSA) is 34.1 Å². The predicted molar refractivity (Wildman–Crippen MR) is 34.7 cm³/mol. The van der Waals surface area contributed by atoms with E-state index < -0.39 is 15.6 Å². The Morgan fingerprint density at radius 1 is 1.14 bits per heavy atom. The lowest BCUT2D eigenvalue weighted by Gasteiger charge is -1.85. The molecule has 0 aromatic rings. The van der Waals surface area contributed by atoms with Gasteiger partial charge in [-0.1, -0.05) is 0 Å². The molecule has 7 heavy (non-hydrogen) atoms. The average molecular weight is 140 g/mol. The quantitative estimate of drug-likeness (QED) is 0.542. The van der Waals surface area contributed by atoms with Crippen molar-refractivity contribution in [2.75, 3.05) is 19.2 Å². The van der Waals surface area contributed by atoms with Crippen molar-refractivity contribution >= 4 is 15.6 Å². The van der Waals surface area contributed by atoms with Gasteiger partial charge in [0.05, 0.1) is 15.6 Å².